The number of hydrogen-bond donors (Lipinski definition) is 1. The van der Waals surface area contributed by atoms with Crippen molar-refractivity contribution in [1.82, 2.24) is 5.32 Å². The number of nitrogens with one attached hydrogen (secondary N) is 1. The molecule has 0 bridgehead atoms. The molecule has 1 aliphatic rings. The zero-order chi connectivity index (χ0) is 17.1. The van der Waals surface area contributed by atoms with Crippen molar-refractivity contribution in [3.8, 4) is 5.75 Å². The summed E-state index contributed by atoms with van der Waals surface area (Å²) in [4.78, 5) is 13.4. The Morgan fingerprint density at radius 3 is 2.75 bits per heavy atom. The number of halogens is 3. The molecule has 0 saturated carbocycles. The summed E-state index contributed by atoms with van der Waals surface area (Å²) in [5.41, 5.74) is 1.15. The minimum Gasteiger partial charge on any atom is -0.482 e. The van der Waals surface area contributed by atoms with Crippen LogP contribution in [0.2, 0.25) is 15.1 Å². The summed E-state index contributed by atoms with van der Waals surface area (Å²) in [6, 6.07) is 11.1. The van der Waals surface area contributed by atoms with Crippen LogP contribution in [0, 0.1) is 0 Å². The molecule has 0 radical (unpaired) electrons. The van der Waals surface area contributed by atoms with Crippen LogP contribution in [-0.2, 0) is 4.79 Å². The van der Waals surface area contributed by atoms with Crippen LogP contribution in [-0.4, -0.2) is 18.3 Å². The van der Waals surface area contributed by atoms with E-state index in [1.807, 2.05) is 30.0 Å². The highest BCUT2D eigenvalue weighted by atomic mass is 35.5. The van der Waals surface area contributed by atoms with E-state index < -0.39 is 0 Å². The van der Waals surface area contributed by atoms with E-state index in [1.165, 1.54) is 17.0 Å². The van der Waals surface area contributed by atoms with E-state index in [2.05, 4.69) is 11.4 Å². The Labute approximate surface area is 159 Å². The van der Waals surface area contributed by atoms with Crippen molar-refractivity contribution < 1.29 is 9.53 Å². The molecule has 1 atom stereocenters. The zero-order valence-corrected chi connectivity index (χ0v) is 15.6. The molecule has 0 aliphatic carbocycles. The van der Waals surface area contributed by atoms with Crippen LogP contribution in [0.5, 0.6) is 5.75 Å². The Hall–Kier alpha value is -1.07. The number of carbonyl (C=O) groups is 1. The van der Waals surface area contributed by atoms with E-state index >= 15 is 0 Å². The lowest BCUT2D eigenvalue weighted by Gasteiger charge is -2.25. The van der Waals surface area contributed by atoms with E-state index in [4.69, 9.17) is 39.5 Å². The third-order valence-electron chi connectivity index (χ3n) is 3.63. The fourth-order valence-corrected chi connectivity index (χ4v) is 4.20. The molecular formula is C17H14Cl3NO2S. The first-order valence-electron chi connectivity index (χ1n) is 7.33. The summed E-state index contributed by atoms with van der Waals surface area (Å²) < 4.78 is 5.47. The molecule has 3 nitrogen and oxygen atoms in total. The van der Waals surface area contributed by atoms with Gasteiger partial charge in [0.05, 0.1) is 21.1 Å². The van der Waals surface area contributed by atoms with Gasteiger partial charge in [0.1, 0.15) is 5.75 Å². The van der Waals surface area contributed by atoms with E-state index in [0.29, 0.717) is 20.8 Å². The Balaban J connectivity index is 1.62. The summed E-state index contributed by atoms with van der Waals surface area (Å²) in [6.45, 7) is -0.135. The summed E-state index contributed by atoms with van der Waals surface area (Å²) >= 11 is 19.7. The molecule has 0 aromatic heterocycles. The summed E-state index contributed by atoms with van der Waals surface area (Å²) in [7, 11) is 0. The first kappa shape index (κ1) is 17.7. The van der Waals surface area contributed by atoms with Crippen LogP contribution >= 0.6 is 46.6 Å². The molecule has 1 aliphatic heterocycles. The molecule has 0 unspecified atom stereocenters. The average molecular weight is 403 g/mol. The van der Waals surface area contributed by atoms with Gasteiger partial charge >= 0.3 is 0 Å². The van der Waals surface area contributed by atoms with Gasteiger partial charge in [0.25, 0.3) is 5.91 Å². The van der Waals surface area contributed by atoms with Crippen LogP contribution in [0.15, 0.2) is 41.3 Å². The molecule has 1 heterocycles. The molecular weight excluding hydrogens is 389 g/mol. The summed E-state index contributed by atoms with van der Waals surface area (Å²) in [5, 5.41) is 4.00. The maximum atomic E-state index is 12.2. The Bertz CT molecular complexity index is 769. The van der Waals surface area contributed by atoms with Crippen LogP contribution in [0.3, 0.4) is 0 Å². The normalized spacial score (nSPS) is 16.4. The maximum absolute atomic E-state index is 12.2. The van der Waals surface area contributed by atoms with Crippen molar-refractivity contribution >= 4 is 52.5 Å². The van der Waals surface area contributed by atoms with Gasteiger partial charge in [0, 0.05) is 16.7 Å². The standard InChI is InChI=1S/C17H14Cl3NO2S/c18-11-7-13(20)15(8-12(11)19)23-9-17(22)21-14-5-6-24-16-4-2-1-3-10(14)16/h1-4,7-8,14H,5-6,9H2,(H,21,22)/t14-/m1/s1. The van der Waals surface area contributed by atoms with Crippen molar-refractivity contribution in [3.63, 3.8) is 0 Å². The van der Waals surface area contributed by atoms with Crippen molar-refractivity contribution in [3.05, 3.63) is 57.0 Å². The number of ether oxygens (including phenoxy) is 1. The van der Waals surface area contributed by atoms with Gasteiger partial charge < -0.3 is 10.1 Å². The second kappa shape index (κ2) is 7.87. The molecule has 126 valence electrons. The van der Waals surface area contributed by atoms with Gasteiger partial charge in [-0.2, -0.15) is 0 Å². The number of carbonyl (C=O) groups excluding carboxylic acids is 1. The minimum atomic E-state index is -0.205. The van der Waals surface area contributed by atoms with E-state index in [9.17, 15) is 4.79 Å². The molecule has 2 aromatic carbocycles. The number of rotatable bonds is 4. The number of benzene rings is 2. The lowest BCUT2D eigenvalue weighted by molar-refractivity contribution is -0.123. The number of fused-ring (bicyclic) bond motifs is 1. The molecule has 7 heteroatoms. The van der Waals surface area contributed by atoms with Gasteiger partial charge in [-0.05, 0) is 24.1 Å². The fourth-order valence-electron chi connectivity index (χ4n) is 2.49. The molecule has 0 saturated heterocycles. The van der Waals surface area contributed by atoms with Crippen LogP contribution < -0.4 is 10.1 Å². The van der Waals surface area contributed by atoms with Crippen molar-refractivity contribution in [2.45, 2.75) is 17.4 Å². The highest BCUT2D eigenvalue weighted by Crippen LogP contribution is 2.36. The largest absolute Gasteiger partial charge is 0.482 e. The SMILES string of the molecule is O=C(COc1cc(Cl)c(Cl)cc1Cl)N[C@@H]1CCSc2ccccc21. The van der Waals surface area contributed by atoms with Gasteiger partial charge in [-0.15, -0.1) is 11.8 Å². The molecule has 0 fully saturated rings. The lowest BCUT2D eigenvalue weighted by Crippen LogP contribution is -2.34. The molecule has 24 heavy (non-hydrogen) atoms. The minimum absolute atomic E-state index is 0.00262. The number of amides is 1. The van der Waals surface area contributed by atoms with Gasteiger partial charge in [-0.1, -0.05) is 53.0 Å². The van der Waals surface area contributed by atoms with Crippen LogP contribution in [0.25, 0.3) is 0 Å². The van der Waals surface area contributed by atoms with E-state index in [0.717, 1.165) is 17.7 Å². The molecule has 1 N–H and O–H groups in total. The van der Waals surface area contributed by atoms with Crippen molar-refractivity contribution in [1.29, 1.82) is 0 Å². The third kappa shape index (κ3) is 4.12. The van der Waals surface area contributed by atoms with Gasteiger partial charge in [-0.3, -0.25) is 4.79 Å². The quantitative estimate of drug-likeness (QED) is 0.698. The monoisotopic (exact) mass is 401 g/mol. The highest BCUT2D eigenvalue weighted by molar-refractivity contribution is 7.99. The predicted octanol–water partition coefficient (Wildman–Crippen LogP) is 5.38. The maximum Gasteiger partial charge on any atom is 0.258 e. The van der Waals surface area contributed by atoms with Crippen molar-refractivity contribution in [2.24, 2.45) is 0 Å². The third-order valence-corrected chi connectivity index (χ3v) is 5.77. The smallest absolute Gasteiger partial charge is 0.258 e. The first-order chi connectivity index (χ1) is 11.5. The molecule has 2 aromatic rings. The summed E-state index contributed by atoms with van der Waals surface area (Å²) in [5.74, 6) is 1.10. The molecule has 1 amide bonds. The lowest BCUT2D eigenvalue weighted by atomic mass is 10.0. The Kier molecular flexibility index (Phi) is 5.82. The van der Waals surface area contributed by atoms with Crippen LogP contribution in [0.4, 0.5) is 0 Å². The Morgan fingerprint density at radius 1 is 1.17 bits per heavy atom. The number of hydrogen-bond acceptors (Lipinski definition) is 3. The second-order valence-corrected chi connectivity index (χ2v) is 7.64. The highest BCUT2D eigenvalue weighted by Gasteiger charge is 2.22. The molecule has 0 spiro atoms. The predicted molar refractivity (Wildman–Crippen MR) is 99.6 cm³/mol. The van der Waals surface area contributed by atoms with Gasteiger partial charge in [-0.25, -0.2) is 0 Å². The topological polar surface area (TPSA) is 38.3 Å². The summed E-state index contributed by atoms with van der Waals surface area (Å²) in [6.07, 6.45) is 0.890. The molecule has 3 rings (SSSR count). The first-order valence-corrected chi connectivity index (χ1v) is 9.45. The van der Waals surface area contributed by atoms with Crippen LogP contribution in [0.1, 0.15) is 18.0 Å². The van der Waals surface area contributed by atoms with E-state index in [1.54, 1.807) is 0 Å². The van der Waals surface area contributed by atoms with Gasteiger partial charge in [0.2, 0.25) is 0 Å². The zero-order valence-electron chi connectivity index (χ0n) is 12.5. The number of thioether (sulfide) groups is 1. The van der Waals surface area contributed by atoms with Gasteiger partial charge in [0.15, 0.2) is 6.61 Å². The Morgan fingerprint density at radius 2 is 1.92 bits per heavy atom. The van der Waals surface area contributed by atoms with E-state index in [-0.39, 0.29) is 18.6 Å². The fraction of sp³-hybridized carbons (Fsp3) is 0.235. The average Bonchev–Trinajstić information content (AvgIpc) is 2.57. The van der Waals surface area contributed by atoms with Crippen molar-refractivity contribution in [2.75, 3.05) is 12.4 Å². The second-order valence-electron chi connectivity index (χ2n) is 5.28.